The predicted molar refractivity (Wildman–Crippen MR) is 184 cm³/mol. The van der Waals surface area contributed by atoms with Gasteiger partial charge in [-0.3, -0.25) is 14.5 Å². The fourth-order valence-electron chi connectivity index (χ4n) is 6.76. The zero-order valence-electron chi connectivity index (χ0n) is 28.7. The average molecular weight is 672 g/mol. The highest BCUT2D eigenvalue weighted by Crippen LogP contribution is 2.44. The number of ether oxygens (including phenoxy) is 3. The van der Waals surface area contributed by atoms with E-state index < -0.39 is 0 Å². The Balaban J connectivity index is 1.32. The highest BCUT2D eigenvalue weighted by molar-refractivity contribution is 5.94. The zero-order chi connectivity index (χ0) is 34.3. The standard InChI is InChI=1S/C35H45N9O5/c1-5-41-15-16-42(35(46)26-10-8-24(9-11-26)21-44-23-37-39-40-44)14-12-31(45)36-19-25-7-6-13-43(20-25)34-27(22-41)17-28-29(38-34)18-30(47-2)33(49-4)32(28)48-3/h8-11,17-18,23,25H,5-7,12-16,19-22H2,1-4H3,(H,36,45). The number of hydrogen-bond donors (Lipinski definition) is 1. The molecule has 2 bridgehead atoms. The molecule has 1 unspecified atom stereocenters. The molecule has 0 radical (unpaired) electrons. The minimum absolute atomic E-state index is 0.0495. The molecule has 0 spiro atoms. The Kier molecular flexibility index (Phi) is 10.7. The molecule has 2 aromatic heterocycles. The normalized spacial score (nSPS) is 17.9. The van der Waals surface area contributed by atoms with Gasteiger partial charge >= 0.3 is 0 Å². The quantitative estimate of drug-likeness (QED) is 0.310. The molecule has 2 aliphatic rings. The Labute approximate surface area is 286 Å². The third-order valence-corrected chi connectivity index (χ3v) is 9.45. The molecule has 0 aliphatic carbocycles. The molecule has 6 rings (SSSR count). The molecule has 2 aliphatic heterocycles. The molecule has 260 valence electrons. The van der Waals surface area contributed by atoms with E-state index in [0.717, 1.165) is 60.3 Å². The number of nitrogens with one attached hydrogen (secondary N) is 1. The summed E-state index contributed by atoms with van der Waals surface area (Å²) >= 11 is 0. The van der Waals surface area contributed by atoms with E-state index in [2.05, 4.69) is 43.6 Å². The van der Waals surface area contributed by atoms with Gasteiger partial charge in [0.25, 0.3) is 5.91 Å². The first kappa shape index (κ1) is 33.9. The van der Waals surface area contributed by atoms with Crippen molar-refractivity contribution in [3.8, 4) is 17.2 Å². The first-order chi connectivity index (χ1) is 23.9. The number of likely N-dealkylation sites (N-methyl/N-ethyl adjacent to an activating group) is 1. The smallest absolute Gasteiger partial charge is 0.253 e. The van der Waals surface area contributed by atoms with E-state index in [-0.39, 0.29) is 24.2 Å². The summed E-state index contributed by atoms with van der Waals surface area (Å²) in [5, 5.41) is 15.3. The molecule has 49 heavy (non-hydrogen) atoms. The molecule has 2 amide bonds. The Bertz CT molecular complexity index is 1750. The van der Waals surface area contributed by atoms with Crippen molar-refractivity contribution >= 4 is 28.5 Å². The van der Waals surface area contributed by atoms with Crippen LogP contribution in [0, 0.1) is 5.92 Å². The van der Waals surface area contributed by atoms with Crippen LogP contribution in [0.15, 0.2) is 42.7 Å². The van der Waals surface area contributed by atoms with Crippen molar-refractivity contribution in [2.75, 3.05) is 72.0 Å². The number of rotatable bonds is 7. The summed E-state index contributed by atoms with van der Waals surface area (Å²) in [7, 11) is 4.84. The average Bonchev–Trinajstić information content (AvgIpc) is 3.65. The Morgan fingerprint density at radius 1 is 1.00 bits per heavy atom. The second-order valence-electron chi connectivity index (χ2n) is 12.6. The van der Waals surface area contributed by atoms with Crippen LogP contribution in [0.1, 0.15) is 47.7 Å². The second kappa shape index (κ2) is 15.5. The van der Waals surface area contributed by atoms with Gasteiger partial charge in [-0.15, -0.1) is 5.10 Å². The Morgan fingerprint density at radius 3 is 2.53 bits per heavy atom. The maximum atomic E-state index is 13.9. The summed E-state index contributed by atoms with van der Waals surface area (Å²) in [5.41, 5.74) is 3.37. The number of carbonyl (C=O) groups excluding carboxylic acids is 2. The maximum Gasteiger partial charge on any atom is 0.253 e. The van der Waals surface area contributed by atoms with Gasteiger partial charge in [-0.05, 0) is 59.5 Å². The number of anilines is 1. The molecule has 1 atom stereocenters. The SMILES string of the molecule is CCN1CCN(C(=O)c2ccc(Cn3cnnn3)cc2)CCC(=O)NCC2CCCN(C2)c2nc3cc(OC)c(OC)c(OC)c3cc2C1. The van der Waals surface area contributed by atoms with Crippen molar-refractivity contribution < 1.29 is 23.8 Å². The summed E-state index contributed by atoms with van der Waals surface area (Å²) in [5.74, 6) is 2.69. The van der Waals surface area contributed by atoms with Gasteiger partial charge in [0.1, 0.15) is 12.1 Å². The van der Waals surface area contributed by atoms with Gasteiger partial charge in [-0.1, -0.05) is 19.1 Å². The third-order valence-electron chi connectivity index (χ3n) is 9.45. The molecule has 14 nitrogen and oxygen atoms in total. The molecule has 1 saturated heterocycles. The summed E-state index contributed by atoms with van der Waals surface area (Å²) in [6.07, 6.45) is 3.82. The van der Waals surface area contributed by atoms with E-state index in [4.69, 9.17) is 19.2 Å². The predicted octanol–water partition coefficient (Wildman–Crippen LogP) is 3.00. The van der Waals surface area contributed by atoms with Crippen molar-refractivity contribution in [1.29, 1.82) is 0 Å². The number of methoxy groups -OCH3 is 3. The third kappa shape index (κ3) is 7.69. The highest BCUT2D eigenvalue weighted by Gasteiger charge is 2.27. The topological polar surface area (TPSA) is 140 Å². The lowest BCUT2D eigenvalue weighted by Crippen LogP contribution is -2.42. The van der Waals surface area contributed by atoms with E-state index in [1.807, 2.05) is 30.3 Å². The number of tetrazole rings is 1. The largest absolute Gasteiger partial charge is 0.493 e. The van der Waals surface area contributed by atoms with Crippen LogP contribution >= 0.6 is 0 Å². The van der Waals surface area contributed by atoms with Crippen LogP contribution < -0.4 is 24.4 Å². The number of hydrogen-bond acceptors (Lipinski definition) is 11. The number of carbonyl (C=O) groups is 2. The zero-order valence-corrected chi connectivity index (χ0v) is 28.7. The van der Waals surface area contributed by atoms with Crippen molar-refractivity contribution in [2.24, 2.45) is 5.92 Å². The molecule has 4 aromatic rings. The van der Waals surface area contributed by atoms with Gasteiger partial charge in [0, 0.05) is 74.8 Å². The van der Waals surface area contributed by atoms with Gasteiger partial charge in [-0.2, -0.15) is 0 Å². The van der Waals surface area contributed by atoms with Crippen LogP contribution in [0.25, 0.3) is 10.9 Å². The van der Waals surface area contributed by atoms with Crippen LogP contribution in [0.3, 0.4) is 0 Å². The lowest BCUT2D eigenvalue weighted by atomic mass is 9.97. The Morgan fingerprint density at radius 2 is 1.82 bits per heavy atom. The van der Waals surface area contributed by atoms with Gasteiger partial charge in [-0.25, -0.2) is 9.67 Å². The highest BCUT2D eigenvalue weighted by atomic mass is 16.5. The number of amides is 2. The second-order valence-corrected chi connectivity index (χ2v) is 12.6. The molecular formula is C35H45N9O5. The van der Waals surface area contributed by atoms with E-state index in [0.29, 0.717) is 62.1 Å². The monoisotopic (exact) mass is 671 g/mol. The van der Waals surface area contributed by atoms with Crippen molar-refractivity contribution in [3.63, 3.8) is 0 Å². The van der Waals surface area contributed by atoms with Crippen molar-refractivity contribution in [1.82, 2.24) is 40.3 Å². The minimum atomic E-state index is -0.108. The van der Waals surface area contributed by atoms with Crippen LogP contribution in [0.5, 0.6) is 17.2 Å². The summed E-state index contributed by atoms with van der Waals surface area (Å²) in [6, 6.07) is 11.5. The van der Waals surface area contributed by atoms with E-state index in [1.54, 1.807) is 37.2 Å². The summed E-state index contributed by atoms with van der Waals surface area (Å²) in [6.45, 7) is 7.66. The van der Waals surface area contributed by atoms with Gasteiger partial charge in [0.15, 0.2) is 11.5 Å². The maximum absolute atomic E-state index is 13.9. The lowest BCUT2D eigenvalue weighted by molar-refractivity contribution is -0.121. The van der Waals surface area contributed by atoms with Crippen LogP contribution in [0.4, 0.5) is 5.82 Å². The first-order valence-electron chi connectivity index (χ1n) is 16.9. The van der Waals surface area contributed by atoms with Gasteiger partial charge in [0.2, 0.25) is 11.7 Å². The number of fused-ring (bicyclic) bond motifs is 5. The number of pyridine rings is 1. The minimum Gasteiger partial charge on any atom is -0.493 e. The van der Waals surface area contributed by atoms with Gasteiger partial charge < -0.3 is 29.3 Å². The van der Waals surface area contributed by atoms with E-state index in [1.165, 1.54) is 0 Å². The van der Waals surface area contributed by atoms with Gasteiger partial charge in [0.05, 0.1) is 33.4 Å². The molecule has 1 N–H and O–H groups in total. The molecule has 1 fully saturated rings. The van der Waals surface area contributed by atoms with Crippen LogP contribution in [0.2, 0.25) is 0 Å². The summed E-state index contributed by atoms with van der Waals surface area (Å²) < 4.78 is 18.8. The van der Waals surface area contributed by atoms with Crippen LogP contribution in [-0.4, -0.2) is 114 Å². The number of benzene rings is 2. The van der Waals surface area contributed by atoms with Crippen molar-refractivity contribution in [3.05, 3.63) is 59.4 Å². The summed E-state index contributed by atoms with van der Waals surface area (Å²) in [4.78, 5) is 38.7. The number of nitrogens with zero attached hydrogens (tertiary/aromatic N) is 8. The first-order valence-corrected chi connectivity index (χ1v) is 16.9. The van der Waals surface area contributed by atoms with Crippen LogP contribution in [-0.2, 0) is 17.9 Å². The molecular weight excluding hydrogens is 626 g/mol. The Hall–Kier alpha value is -4.98. The molecule has 2 aromatic carbocycles. The fourth-order valence-corrected chi connectivity index (χ4v) is 6.76. The number of piperidine rings is 1. The molecule has 4 heterocycles. The lowest BCUT2D eigenvalue weighted by Gasteiger charge is -2.35. The number of aromatic nitrogens is 5. The molecule has 14 heteroatoms. The fraction of sp³-hybridized carbons (Fsp3) is 0.486. The van der Waals surface area contributed by atoms with Crippen molar-refractivity contribution in [2.45, 2.75) is 39.3 Å². The van der Waals surface area contributed by atoms with E-state index >= 15 is 0 Å². The van der Waals surface area contributed by atoms with E-state index in [9.17, 15) is 9.59 Å². The molecule has 0 saturated carbocycles.